The van der Waals surface area contributed by atoms with Crippen LogP contribution >= 0.6 is 0 Å². The Labute approximate surface area is 112 Å². The first-order valence-corrected chi connectivity index (χ1v) is 5.99. The fourth-order valence-electron chi connectivity index (χ4n) is 2.14. The average Bonchev–Trinajstić information content (AvgIpc) is 2.42. The maximum absolute atomic E-state index is 12.1. The third-order valence-corrected chi connectivity index (χ3v) is 3.12. The van der Waals surface area contributed by atoms with E-state index in [1.165, 1.54) is 0 Å². The van der Waals surface area contributed by atoms with Gasteiger partial charge in [-0.1, -0.05) is 12.1 Å². The van der Waals surface area contributed by atoms with Crippen molar-refractivity contribution in [1.82, 2.24) is 5.32 Å². The van der Waals surface area contributed by atoms with Gasteiger partial charge in [0.2, 0.25) is 0 Å². The Balaban J connectivity index is 2.13. The van der Waals surface area contributed by atoms with Gasteiger partial charge in [-0.05, 0) is 18.1 Å². The van der Waals surface area contributed by atoms with Gasteiger partial charge < -0.3 is 10.1 Å². The lowest BCUT2D eigenvalue weighted by molar-refractivity contribution is -0.173. The molecule has 1 aliphatic heterocycles. The lowest BCUT2D eigenvalue weighted by atomic mass is 9.91. The Kier molecular flexibility index (Phi) is 3.96. The van der Waals surface area contributed by atoms with E-state index in [0.29, 0.717) is 36.2 Å². The summed E-state index contributed by atoms with van der Waals surface area (Å²) in [6, 6.07) is 4.89. The number of carbonyl (C=O) groups excluding carboxylic acids is 2. The molecule has 0 fully saturated rings. The maximum Gasteiger partial charge on any atom is 0.471 e. The summed E-state index contributed by atoms with van der Waals surface area (Å²) in [5, 5.41) is 1.86. The van der Waals surface area contributed by atoms with E-state index in [4.69, 9.17) is 4.74 Å². The number of amides is 1. The number of fused-ring (bicyclic) bond motifs is 1. The average molecular weight is 287 g/mol. The summed E-state index contributed by atoms with van der Waals surface area (Å²) in [7, 11) is 0. The zero-order valence-electron chi connectivity index (χ0n) is 10.4. The van der Waals surface area contributed by atoms with Gasteiger partial charge in [0.05, 0.1) is 12.2 Å². The van der Waals surface area contributed by atoms with Crippen LogP contribution in [0.15, 0.2) is 18.2 Å². The summed E-state index contributed by atoms with van der Waals surface area (Å²) in [6.07, 6.45) is -3.78. The predicted octanol–water partition coefficient (Wildman–Crippen LogP) is 2.04. The molecule has 0 bridgehead atoms. The smallest absolute Gasteiger partial charge is 0.471 e. The quantitative estimate of drug-likeness (QED) is 0.866. The molecule has 1 heterocycles. The highest BCUT2D eigenvalue weighted by Crippen LogP contribution is 2.35. The molecule has 2 rings (SSSR count). The number of hydrogen-bond acceptors (Lipinski definition) is 3. The van der Waals surface area contributed by atoms with Crippen molar-refractivity contribution < 1.29 is 27.5 Å². The van der Waals surface area contributed by atoms with E-state index in [2.05, 4.69) is 0 Å². The van der Waals surface area contributed by atoms with Crippen LogP contribution in [0.2, 0.25) is 0 Å². The zero-order valence-corrected chi connectivity index (χ0v) is 10.4. The second-order valence-electron chi connectivity index (χ2n) is 4.43. The largest absolute Gasteiger partial charge is 0.493 e. The minimum Gasteiger partial charge on any atom is -0.493 e. The molecular weight excluding hydrogens is 275 g/mol. The van der Waals surface area contributed by atoms with Crippen LogP contribution in [0.4, 0.5) is 13.2 Å². The summed E-state index contributed by atoms with van der Waals surface area (Å²) < 4.78 is 41.8. The zero-order chi connectivity index (χ0) is 14.8. The fraction of sp³-hybridized carbons (Fsp3) is 0.385. The van der Waals surface area contributed by atoms with E-state index < -0.39 is 12.1 Å². The van der Waals surface area contributed by atoms with E-state index in [-0.39, 0.29) is 12.5 Å². The van der Waals surface area contributed by atoms with Crippen molar-refractivity contribution in [1.29, 1.82) is 0 Å². The molecule has 0 spiro atoms. The SMILES string of the molecule is O=Cc1cccc2c1OCCC2CNC(=O)C(F)(F)F. The van der Waals surface area contributed by atoms with Crippen molar-refractivity contribution in [2.45, 2.75) is 18.5 Å². The van der Waals surface area contributed by atoms with Crippen molar-refractivity contribution in [3.8, 4) is 5.75 Å². The molecule has 108 valence electrons. The molecule has 20 heavy (non-hydrogen) atoms. The van der Waals surface area contributed by atoms with Crippen LogP contribution in [0.1, 0.15) is 28.3 Å². The molecule has 0 radical (unpaired) electrons. The van der Waals surface area contributed by atoms with Crippen LogP contribution < -0.4 is 10.1 Å². The van der Waals surface area contributed by atoms with Gasteiger partial charge in [0.15, 0.2) is 6.29 Å². The van der Waals surface area contributed by atoms with Crippen molar-refractivity contribution in [3.05, 3.63) is 29.3 Å². The van der Waals surface area contributed by atoms with Crippen molar-refractivity contribution in [3.63, 3.8) is 0 Å². The molecule has 1 N–H and O–H groups in total. The number of benzene rings is 1. The van der Waals surface area contributed by atoms with E-state index in [0.717, 1.165) is 0 Å². The summed E-state index contributed by atoms with van der Waals surface area (Å²) >= 11 is 0. The monoisotopic (exact) mass is 287 g/mol. The number of hydrogen-bond donors (Lipinski definition) is 1. The van der Waals surface area contributed by atoms with E-state index in [9.17, 15) is 22.8 Å². The lowest BCUT2D eigenvalue weighted by Gasteiger charge is -2.27. The van der Waals surface area contributed by atoms with Crippen LogP contribution in [-0.2, 0) is 4.79 Å². The molecule has 7 heteroatoms. The van der Waals surface area contributed by atoms with Crippen LogP contribution in [0.5, 0.6) is 5.75 Å². The molecule has 0 aromatic heterocycles. The highest BCUT2D eigenvalue weighted by Gasteiger charge is 2.39. The molecule has 1 aromatic carbocycles. The van der Waals surface area contributed by atoms with Gasteiger partial charge in [0, 0.05) is 12.5 Å². The highest BCUT2D eigenvalue weighted by molar-refractivity contribution is 5.82. The van der Waals surface area contributed by atoms with Gasteiger partial charge in [-0.2, -0.15) is 13.2 Å². The van der Waals surface area contributed by atoms with Crippen LogP contribution in [-0.4, -0.2) is 31.5 Å². The first-order valence-electron chi connectivity index (χ1n) is 5.99. The molecule has 1 atom stereocenters. The normalized spacial score (nSPS) is 17.9. The number of ether oxygens (including phenoxy) is 1. The van der Waals surface area contributed by atoms with Gasteiger partial charge in [0.25, 0.3) is 0 Å². The van der Waals surface area contributed by atoms with Crippen molar-refractivity contribution >= 4 is 12.2 Å². The summed E-state index contributed by atoms with van der Waals surface area (Å²) in [6.45, 7) is 0.154. The number of rotatable bonds is 3. The molecule has 1 amide bonds. The second kappa shape index (κ2) is 5.52. The maximum atomic E-state index is 12.1. The number of para-hydroxylation sites is 1. The molecule has 4 nitrogen and oxygen atoms in total. The Hall–Kier alpha value is -2.05. The number of carbonyl (C=O) groups is 2. The van der Waals surface area contributed by atoms with Crippen molar-refractivity contribution in [2.24, 2.45) is 0 Å². The summed E-state index contributed by atoms with van der Waals surface area (Å²) in [5.74, 6) is -1.87. The topological polar surface area (TPSA) is 55.4 Å². The van der Waals surface area contributed by atoms with E-state index in [1.54, 1.807) is 18.2 Å². The minimum absolute atomic E-state index is 0.142. The molecule has 0 aliphatic carbocycles. The standard InChI is InChI=1S/C13H12F3NO3/c14-13(15,16)12(19)17-6-8-4-5-20-11-9(7-18)2-1-3-10(8)11/h1-3,7-8H,4-6H2,(H,17,19). The Morgan fingerprint density at radius 3 is 2.85 bits per heavy atom. The van der Waals surface area contributed by atoms with Crippen molar-refractivity contribution in [2.75, 3.05) is 13.2 Å². The predicted molar refractivity (Wildman–Crippen MR) is 63.7 cm³/mol. The number of halogens is 3. The van der Waals surface area contributed by atoms with Crippen LogP contribution in [0, 0.1) is 0 Å². The Morgan fingerprint density at radius 1 is 1.45 bits per heavy atom. The van der Waals surface area contributed by atoms with E-state index >= 15 is 0 Å². The lowest BCUT2D eigenvalue weighted by Crippen LogP contribution is -2.39. The van der Waals surface area contributed by atoms with Gasteiger partial charge in [-0.3, -0.25) is 9.59 Å². The third kappa shape index (κ3) is 2.92. The van der Waals surface area contributed by atoms with Gasteiger partial charge in [-0.25, -0.2) is 0 Å². The second-order valence-corrected chi connectivity index (χ2v) is 4.43. The molecule has 1 aliphatic rings. The minimum atomic E-state index is -4.89. The number of aldehydes is 1. The van der Waals surface area contributed by atoms with Gasteiger partial charge in [-0.15, -0.1) is 0 Å². The number of alkyl halides is 3. The third-order valence-electron chi connectivity index (χ3n) is 3.12. The Morgan fingerprint density at radius 2 is 2.20 bits per heavy atom. The molecular formula is C13H12F3NO3. The number of nitrogens with one attached hydrogen (secondary N) is 1. The molecule has 1 aromatic rings. The molecule has 1 unspecified atom stereocenters. The highest BCUT2D eigenvalue weighted by atomic mass is 19.4. The molecule has 0 saturated heterocycles. The first-order chi connectivity index (χ1) is 9.43. The molecule has 0 saturated carbocycles. The summed E-state index contributed by atoms with van der Waals surface area (Å²) in [4.78, 5) is 21.7. The Bertz CT molecular complexity index is 528. The summed E-state index contributed by atoms with van der Waals surface area (Å²) in [5.41, 5.74) is 0.998. The first kappa shape index (κ1) is 14.4. The van der Waals surface area contributed by atoms with Gasteiger partial charge >= 0.3 is 12.1 Å². The fourth-order valence-corrected chi connectivity index (χ4v) is 2.14. The van der Waals surface area contributed by atoms with Gasteiger partial charge in [0.1, 0.15) is 5.75 Å². The van der Waals surface area contributed by atoms with E-state index in [1.807, 2.05) is 5.32 Å². The van der Waals surface area contributed by atoms with Crippen LogP contribution in [0.25, 0.3) is 0 Å². The van der Waals surface area contributed by atoms with Crippen LogP contribution in [0.3, 0.4) is 0 Å².